The molecule has 2 N–H and O–H groups in total. The summed E-state index contributed by atoms with van der Waals surface area (Å²) in [5.41, 5.74) is 0.758. The molecular formula is C10H9FNO4P. The Labute approximate surface area is 96.0 Å². The van der Waals surface area contributed by atoms with E-state index in [-0.39, 0.29) is 11.5 Å². The standard InChI is InChI=1S/C10H9FNO4P/c11-8-3-1-7(2-4-8)10-5-9(12-16-10)6-17(13,14)15/h1-5H,6H2,(H2,13,14,15). The third kappa shape index (κ3) is 3.23. The molecule has 0 bridgehead atoms. The molecule has 0 atom stereocenters. The Morgan fingerprint density at radius 3 is 2.53 bits per heavy atom. The van der Waals surface area contributed by atoms with Crippen LogP contribution in [0.15, 0.2) is 34.9 Å². The van der Waals surface area contributed by atoms with Gasteiger partial charge >= 0.3 is 7.60 Å². The summed E-state index contributed by atoms with van der Waals surface area (Å²) in [5.74, 6) is -0.0304. The average molecular weight is 257 g/mol. The van der Waals surface area contributed by atoms with E-state index in [9.17, 15) is 8.96 Å². The molecule has 0 aliphatic carbocycles. The summed E-state index contributed by atoms with van der Waals surface area (Å²) in [4.78, 5) is 17.5. The normalized spacial score (nSPS) is 11.7. The van der Waals surface area contributed by atoms with Gasteiger partial charge in [-0.05, 0) is 24.3 Å². The van der Waals surface area contributed by atoms with Gasteiger partial charge in [0.05, 0.1) is 11.9 Å². The maximum atomic E-state index is 12.7. The van der Waals surface area contributed by atoms with Gasteiger partial charge in [0.2, 0.25) is 0 Å². The van der Waals surface area contributed by atoms with E-state index in [0.717, 1.165) is 0 Å². The van der Waals surface area contributed by atoms with Crippen molar-refractivity contribution < 1.29 is 23.3 Å². The van der Waals surface area contributed by atoms with Crippen molar-refractivity contribution in [3.8, 4) is 11.3 Å². The lowest BCUT2D eigenvalue weighted by Gasteiger charge is -1.97. The average Bonchev–Trinajstić information content (AvgIpc) is 2.64. The third-order valence-electron chi connectivity index (χ3n) is 2.06. The number of rotatable bonds is 3. The van der Waals surface area contributed by atoms with E-state index < -0.39 is 13.8 Å². The van der Waals surface area contributed by atoms with Gasteiger partial charge in [-0.1, -0.05) is 5.16 Å². The minimum absolute atomic E-state index is 0.164. The quantitative estimate of drug-likeness (QED) is 0.823. The molecule has 0 fully saturated rings. The second kappa shape index (κ2) is 4.41. The monoisotopic (exact) mass is 257 g/mol. The van der Waals surface area contributed by atoms with Gasteiger partial charge in [0.25, 0.3) is 0 Å². The van der Waals surface area contributed by atoms with Gasteiger partial charge < -0.3 is 14.3 Å². The zero-order valence-corrected chi connectivity index (χ0v) is 9.47. The van der Waals surface area contributed by atoms with Gasteiger partial charge in [-0.3, -0.25) is 4.57 Å². The first-order valence-corrected chi connectivity index (χ1v) is 6.50. The third-order valence-corrected chi connectivity index (χ3v) is 2.79. The van der Waals surface area contributed by atoms with E-state index in [1.54, 1.807) is 0 Å². The van der Waals surface area contributed by atoms with Crippen molar-refractivity contribution in [3.05, 3.63) is 41.8 Å². The Kier molecular flexibility index (Phi) is 3.11. The molecule has 90 valence electrons. The Morgan fingerprint density at radius 2 is 1.94 bits per heavy atom. The molecule has 0 unspecified atom stereocenters. The maximum Gasteiger partial charge on any atom is 0.331 e. The highest BCUT2D eigenvalue weighted by molar-refractivity contribution is 7.50. The molecule has 0 aliphatic heterocycles. The predicted molar refractivity (Wildman–Crippen MR) is 57.6 cm³/mol. The molecular weight excluding hydrogens is 248 g/mol. The van der Waals surface area contributed by atoms with E-state index in [4.69, 9.17) is 14.3 Å². The fraction of sp³-hybridized carbons (Fsp3) is 0.100. The van der Waals surface area contributed by atoms with Gasteiger partial charge in [0.1, 0.15) is 5.82 Å². The van der Waals surface area contributed by atoms with Crippen LogP contribution in [0.25, 0.3) is 11.3 Å². The second-order valence-electron chi connectivity index (χ2n) is 3.51. The Morgan fingerprint density at radius 1 is 1.29 bits per heavy atom. The smallest absolute Gasteiger partial charge is 0.331 e. The minimum Gasteiger partial charge on any atom is -0.356 e. The van der Waals surface area contributed by atoms with E-state index >= 15 is 0 Å². The Bertz CT molecular complexity index is 560. The minimum atomic E-state index is -4.16. The van der Waals surface area contributed by atoms with Crippen molar-refractivity contribution in [2.75, 3.05) is 0 Å². The van der Waals surface area contributed by atoms with Crippen molar-refractivity contribution in [3.63, 3.8) is 0 Å². The molecule has 0 aliphatic rings. The molecule has 0 saturated carbocycles. The van der Waals surface area contributed by atoms with E-state index in [0.29, 0.717) is 11.3 Å². The summed E-state index contributed by atoms with van der Waals surface area (Å²) >= 11 is 0. The summed E-state index contributed by atoms with van der Waals surface area (Å²) in [7, 11) is -4.16. The molecule has 1 aromatic carbocycles. The van der Waals surface area contributed by atoms with Crippen LogP contribution in [0.5, 0.6) is 0 Å². The van der Waals surface area contributed by atoms with Crippen LogP contribution in [-0.4, -0.2) is 14.9 Å². The van der Waals surface area contributed by atoms with Gasteiger partial charge in [-0.15, -0.1) is 0 Å². The molecule has 0 spiro atoms. The predicted octanol–water partition coefficient (Wildman–Crippen LogP) is 2.16. The molecule has 2 aromatic rings. The number of hydrogen-bond acceptors (Lipinski definition) is 3. The Hall–Kier alpha value is -1.49. The van der Waals surface area contributed by atoms with Crippen LogP contribution in [0.2, 0.25) is 0 Å². The number of benzene rings is 1. The number of hydrogen-bond donors (Lipinski definition) is 2. The molecule has 0 amide bonds. The van der Waals surface area contributed by atoms with Crippen LogP contribution in [0.4, 0.5) is 4.39 Å². The lowest BCUT2D eigenvalue weighted by molar-refractivity contribution is 0.367. The SMILES string of the molecule is O=P(O)(O)Cc1cc(-c2ccc(F)cc2)on1. The van der Waals surface area contributed by atoms with Crippen LogP contribution in [0.1, 0.15) is 5.69 Å². The summed E-state index contributed by atoms with van der Waals surface area (Å²) in [6.45, 7) is 0. The first-order valence-electron chi connectivity index (χ1n) is 4.70. The Balaban J connectivity index is 2.24. The number of aromatic nitrogens is 1. The van der Waals surface area contributed by atoms with Gasteiger partial charge in [-0.2, -0.15) is 0 Å². The number of nitrogens with zero attached hydrogens (tertiary/aromatic N) is 1. The van der Waals surface area contributed by atoms with Crippen molar-refractivity contribution in [2.24, 2.45) is 0 Å². The molecule has 7 heteroatoms. The lowest BCUT2D eigenvalue weighted by Crippen LogP contribution is -1.85. The molecule has 1 aromatic heterocycles. The largest absolute Gasteiger partial charge is 0.356 e. The van der Waals surface area contributed by atoms with Crippen LogP contribution < -0.4 is 0 Å². The van der Waals surface area contributed by atoms with E-state index in [1.165, 1.54) is 30.3 Å². The van der Waals surface area contributed by atoms with Crippen LogP contribution >= 0.6 is 7.60 Å². The molecule has 1 heterocycles. The van der Waals surface area contributed by atoms with Crippen LogP contribution in [0, 0.1) is 5.82 Å². The fourth-order valence-electron chi connectivity index (χ4n) is 1.35. The van der Waals surface area contributed by atoms with Crippen molar-refractivity contribution in [1.82, 2.24) is 5.16 Å². The molecule has 5 nitrogen and oxygen atoms in total. The van der Waals surface area contributed by atoms with Gasteiger partial charge in [0.15, 0.2) is 5.76 Å². The highest BCUT2D eigenvalue weighted by atomic mass is 31.2. The van der Waals surface area contributed by atoms with Crippen LogP contribution in [-0.2, 0) is 10.7 Å². The van der Waals surface area contributed by atoms with Gasteiger partial charge in [0, 0.05) is 11.6 Å². The zero-order chi connectivity index (χ0) is 12.5. The molecule has 0 radical (unpaired) electrons. The summed E-state index contributed by atoms with van der Waals surface area (Å²) in [6, 6.07) is 6.95. The molecule has 2 rings (SSSR count). The second-order valence-corrected chi connectivity index (χ2v) is 5.16. The van der Waals surface area contributed by atoms with Gasteiger partial charge in [-0.25, -0.2) is 4.39 Å². The summed E-state index contributed by atoms with van der Waals surface area (Å²) in [6.07, 6.45) is -0.475. The lowest BCUT2D eigenvalue weighted by atomic mass is 10.1. The molecule has 17 heavy (non-hydrogen) atoms. The first kappa shape index (κ1) is 12.0. The summed E-state index contributed by atoms with van der Waals surface area (Å²) < 4.78 is 28.4. The highest BCUT2D eigenvalue weighted by Crippen LogP contribution is 2.39. The summed E-state index contributed by atoms with van der Waals surface area (Å²) in [5, 5.41) is 3.54. The van der Waals surface area contributed by atoms with Crippen molar-refractivity contribution in [1.29, 1.82) is 0 Å². The van der Waals surface area contributed by atoms with E-state index in [2.05, 4.69) is 5.16 Å². The molecule has 0 saturated heterocycles. The van der Waals surface area contributed by atoms with Crippen molar-refractivity contribution >= 4 is 7.60 Å². The zero-order valence-electron chi connectivity index (χ0n) is 8.58. The highest BCUT2D eigenvalue weighted by Gasteiger charge is 2.17. The van der Waals surface area contributed by atoms with E-state index in [1.807, 2.05) is 0 Å². The van der Waals surface area contributed by atoms with Crippen LogP contribution in [0.3, 0.4) is 0 Å². The fourth-order valence-corrected chi connectivity index (χ4v) is 1.92. The topological polar surface area (TPSA) is 83.6 Å². The first-order chi connectivity index (χ1) is 7.94. The van der Waals surface area contributed by atoms with Crippen molar-refractivity contribution in [2.45, 2.75) is 6.16 Å². The maximum absolute atomic E-state index is 12.7. The number of halogens is 1.